The van der Waals surface area contributed by atoms with Crippen molar-refractivity contribution in [1.82, 2.24) is 24.5 Å². The standard InChI is InChI=1S/C24H18Cl2N6O/c1-31-13-16(11-27-31)22-10-19(18-4-2-3-5-21(18)28-22)24(33)29-23-20(26)14-32(30-23)12-15-6-8-17(25)9-7-15/h2-11,13-14H,12H2,1H3,(H,29,30,33). The molecule has 7 nitrogen and oxygen atoms in total. The maximum atomic E-state index is 13.3. The summed E-state index contributed by atoms with van der Waals surface area (Å²) in [6.45, 7) is 0.496. The average molecular weight is 477 g/mol. The molecule has 0 fully saturated rings. The molecule has 0 atom stereocenters. The molecule has 164 valence electrons. The third-order valence-electron chi connectivity index (χ3n) is 5.17. The van der Waals surface area contributed by atoms with Crippen LogP contribution in [0.2, 0.25) is 10.0 Å². The Kier molecular flexibility index (Phi) is 5.58. The number of aromatic nitrogens is 5. The number of carbonyl (C=O) groups is 1. The van der Waals surface area contributed by atoms with E-state index in [2.05, 4.69) is 15.5 Å². The molecular weight excluding hydrogens is 459 g/mol. The first-order valence-electron chi connectivity index (χ1n) is 10.1. The highest BCUT2D eigenvalue weighted by atomic mass is 35.5. The molecule has 5 rings (SSSR count). The number of halogens is 2. The number of carbonyl (C=O) groups excluding carboxylic acids is 1. The molecule has 3 aromatic heterocycles. The zero-order valence-corrected chi connectivity index (χ0v) is 19.0. The molecule has 0 aliphatic rings. The maximum absolute atomic E-state index is 13.3. The lowest BCUT2D eigenvalue weighted by atomic mass is 10.0. The number of fused-ring (bicyclic) bond motifs is 1. The number of anilines is 1. The van der Waals surface area contributed by atoms with Gasteiger partial charge in [0.15, 0.2) is 5.82 Å². The quantitative estimate of drug-likeness (QED) is 0.366. The fraction of sp³-hybridized carbons (Fsp3) is 0.0833. The zero-order chi connectivity index (χ0) is 22.9. The highest BCUT2D eigenvalue weighted by Gasteiger charge is 2.17. The van der Waals surface area contributed by atoms with Crippen LogP contribution >= 0.6 is 23.2 Å². The fourth-order valence-electron chi connectivity index (χ4n) is 3.58. The zero-order valence-electron chi connectivity index (χ0n) is 17.5. The SMILES string of the molecule is Cn1cc(-c2cc(C(=O)Nc3nn(Cc4ccc(Cl)cc4)cc3Cl)c3ccccc3n2)cn1. The van der Waals surface area contributed by atoms with Crippen LogP contribution < -0.4 is 5.32 Å². The molecule has 0 saturated carbocycles. The van der Waals surface area contributed by atoms with E-state index < -0.39 is 0 Å². The predicted octanol–water partition coefficient (Wildman–Crippen LogP) is 5.44. The van der Waals surface area contributed by atoms with Gasteiger partial charge in [0.05, 0.1) is 29.5 Å². The van der Waals surface area contributed by atoms with Crippen molar-refractivity contribution in [2.45, 2.75) is 6.54 Å². The van der Waals surface area contributed by atoms with E-state index in [1.807, 2.05) is 61.8 Å². The highest BCUT2D eigenvalue weighted by molar-refractivity contribution is 6.33. The molecule has 1 N–H and O–H groups in total. The van der Waals surface area contributed by atoms with Crippen LogP contribution in [0.25, 0.3) is 22.2 Å². The summed E-state index contributed by atoms with van der Waals surface area (Å²) < 4.78 is 3.37. The Morgan fingerprint density at radius 3 is 2.61 bits per heavy atom. The number of benzene rings is 2. The van der Waals surface area contributed by atoms with Crippen molar-refractivity contribution in [3.05, 3.63) is 94.4 Å². The summed E-state index contributed by atoms with van der Waals surface area (Å²) in [5.41, 5.74) is 3.68. The summed E-state index contributed by atoms with van der Waals surface area (Å²) in [5, 5.41) is 13.3. The van der Waals surface area contributed by atoms with Gasteiger partial charge < -0.3 is 5.32 Å². The van der Waals surface area contributed by atoms with Gasteiger partial charge in [-0.3, -0.25) is 14.2 Å². The predicted molar refractivity (Wildman–Crippen MR) is 130 cm³/mol. The molecule has 5 aromatic rings. The third kappa shape index (κ3) is 4.46. The second-order valence-electron chi connectivity index (χ2n) is 7.58. The minimum Gasteiger partial charge on any atom is -0.304 e. The van der Waals surface area contributed by atoms with Crippen molar-refractivity contribution in [3.63, 3.8) is 0 Å². The van der Waals surface area contributed by atoms with Crippen molar-refractivity contribution in [2.24, 2.45) is 7.05 Å². The van der Waals surface area contributed by atoms with Gasteiger partial charge in [-0.2, -0.15) is 10.2 Å². The molecule has 1 amide bonds. The molecule has 0 saturated heterocycles. The van der Waals surface area contributed by atoms with E-state index in [1.54, 1.807) is 27.8 Å². The van der Waals surface area contributed by atoms with Gasteiger partial charge in [-0.15, -0.1) is 0 Å². The third-order valence-corrected chi connectivity index (χ3v) is 5.70. The van der Waals surface area contributed by atoms with E-state index in [9.17, 15) is 4.79 Å². The Balaban J connectivity index is 1.46. The fourth-order valence-corrected chi connectivity index (χ4v) is 3.90. The van der Waals surface area contributed by atoms with E-state index in [4.69, 9.17) is 28.2 Å². The Morgan fingerprint density at radius 2 is 1.85 bits per heavy atom. The normalized spacial score (nSPS) is 11.1. The molecule has 9 heteroatoms. The highest BCUT2D eigenvalue weighted by Crippen LogP contribution is 2.27. The van der Waals surface area contributed by atoms with Crippen molar-refractivity contribution in [1.29, 1.82) is 0 Å². The molecule has 0 spiro atoms. The van der Waals surface area contributed by atoms with Crippen molar-refractivity contribution in [3.8, 4) is 11.3 Å². The van der Waals surface area contributed by atoms with Crippen molar-refractivity contribution >= 4 is 45.8 Å². The molecule has 0 aliphatic carbocycles. The monoisotopic (exact) mass is 476 g/mol. The number of hydrogen-bond acceptors (Lipinski definition) is 4. The van der Waals surface area contributed by atoms with Gasteiger partial charge in [0.25, 0.3) is 5.91 Å². The lowest BCUT2D eigenvalue weighted by Crippen LogP contribution is -2.14. The smallest absolute Gasteiger partial charge is 0.257 e. The Labute approximate surface area is 199 Å². The van der Waals surface area contributed by atoms with Crippen LogP contribution in [0.4, 0.5) is 5.82 Å². The van der Waals surface area contributed by atoms with Gasteiger partial charge in [0.2, 0.25) is 0 Å². The van der Waals surface area contributed by atoms with E-state index in [0.29, 0.717) is 39.2 Å². The lowest BCUT2D eigenvalue weighted by molar-refractivity contribution is 0.102. The first-order valence-corrected chi connectivity index (χ1v) is 10.9. The van der Waals surface area contributed by atoms with Crippen molar-refractivity contribution < 1.29 is 4.79 Å². The molecule has 0 bridgehead atoms. The summed E-state index contributed by atoms with van der Waals surface area (Å²) >= 11 is 12.3. The molecule has 33 heavy (non-hydrogen) atoms. The van der Waals surface area contributed by atoms with E-state index in [1.165, 1.54) is 0 Å². The summed E-state index contributed by atoms with van der Waals surface area (Å²) in [7, 11) is 1.83. The molecule has 0 aliphatic heterocycles. The van der Waals surface area contributed by atoms with Gasteiger partial charge in [-0.25, -0.2) is 4.98 Å². The van der Waals surface area contributed by atoms with Gasteiger partial charge in [-0.05, 0) is 29.8 Å². The Hall–Kier alpha value is -3.68. The van der Waals surface area contributed by atoms with Crippen LogP contribution in [0.3, 0.4) is 0 Å². The molecule has 0 radical (unpaired) electrons. The molecule has 0 unspecified atom stereocenters. The molecule has 2 aromatic carbocycles. The summed E-state index contributed by atoms with van der Waals surface area (Å²) in [4.78, 5) is 18.0. The number of aryl methyl sites for hydroxylation is 1. The second-order valence-corrected chi connectivity index (χ2v) is 8.42. The number of nitrogens with one attached hydrogen (secondary N) is 1. The largest absolute Gasteiger partial charge is 0.304 e. The van der Waals surface area contributed by atoms with Gasteiger partial charge in [0, 0.05) is 35.4 Å². The number of amides is 1. The summed E-state index contributed by atoms with van der Waals surface area (Å²) in [6, 6.07) is 16.7. The van der Waals surface area contributed by atoms with Crippen LogP contribution in [-0.2, 0) is 13.6 Å². The minimum absolute atomic E-state index is 0.291. The first-order chi connectivity index (χ1) is 16.0. The van der Waals surface area contributed by atoms with Crippen LogP contribution in [0.15, 0.2) is 73.2 Å². The van der Waals surface area contributed by atoms with Gasteiger partial charge >= 0.3 is 0 Å². The first kappa shape index (κ1) is 21.2. The van der Waals surface area contributed by atoms with E-state index in [-0.39, 0.29) is 5.91 Å². The molecular formula is C24H18Cl2N6O. The van der Waals surface area contributed by atoms with Gasteiger partial charge in [-0.1, -0.05) is 53.5 Å². The van der Waals surface area contributed by atoms with E-state index >= 15 is 0 Å². The van der Waals surface area contributed by atoms with Crippen LogP contribution in [-0.4, -0.2) is 30.5 Å². The van der Waals surface area contributed by atoms with Crippen LogP contribution in [0, 0.1) is 0 Å². The number of para-hydroxylation sites is 1. The summed E-state index contributed by atoms with van der Waals surface area (Å²) in [5.74, 6) is -0.0307. The average Bonchev–Trinajstić information content (AvgIpc) is 3.39. The minimum atomic E-state index is -0.322. The number of rotatable bonds is 5. The number of hydrogen-bond donors (Lipinski definition) is 1. The Morgan fingerprint density at radius 1 is 1.06 bits per heavy atom. The van der Waals surface area contributed by atoms with E-state index in [0.717, 1.165) is 16.5 Å². The second kappa shape index (κ2) is 8.69. The molecule has 3 heterocycles. The Bertz CT molecular complexity index is 1470. The lowest BCUT2D eigenvalue weighted by Gasteiger charge is -2.09. The van der Waals surface area contributed by atoms with Crippen molar-refractivity contribution in [2.75, 3.05) is 5.32 Å². The topological polar surface area (TPSA) is 77.6 Å². The maximum Gasteiger partial charge on any atom is 0.257 e. The number of pyridine rings is 1. The summed E-state index contributed by atoms with van der Waals surface area (Å²) in [6.07, 6.45) is 5.25. The van der Waals surface area contributed by atoms with Crippen LogP contribution in [0.5, 0.6) is 0 Å². The number of nitrogens with zero attached hydrogens (tertiary/aromatic N) is 5. The van der Waals surface area contributed by atoms with Crippen LogP contribution in [0.1, 0.15) is 15.9 Å². The van der Waals surface area contributed by atoms with Gasteiger partial charge in [0.1, 0.15) is 5.02 Å².